The first-order chi connectivity index (χ1) is 12.4. The lowest BCUT2D eigenvalue weighted by atomic mass is 10.3. The number of carbonyl (C=O) groups is 2. The van der Waals surface area contributed by atoms with Crippen molar-refractivity contribution in [3.63, 3.8) is 0 Å². The third-order valence-electron chi connectivity index (χ3n) is 2.91. The summed E-state index contributed by atoms with van der Waals surface area (Å²) in [5, 5.41) is 2.84. The number of nitrogens with one attached hydrogen (secondary N) is 1. The predicted molar refractivity (Wildman–Crippen MR) is 94.8 cm³/mol. The van der Waals surface area contributed by atoms with Crippen molar-refractivity contribution in [1.29, 1.82) is 0 Å². The summed E-state index contributed by atoms with van der Waals surface area (Å²) in [6.07, 6.45) is 0. The molecule has 0 heterocycles. The number of hydrogen-bond acceptors (Lipinski definition) is 5. The van der Waals surface area contributed by atoms with Gasteiger partial charge < -0.3 is 14.8 Å². The van der Waals surface area contributed by atoms with Crippen molar-refractivity contribution in [2.75, 3.05) is 18.5 Å². The lowest BCUT2D eigenvalue weighted by Crippen LogP contribution is -2.23. The zero-order chi connectivity index (χ0) is 18.9. The standard InChI is InChI=1S/C17H14ClF2NO4S/c18-13-3-1-2-4-14(13)24-10-16(23)25-9-15(22)21-11-5-7-12(8-6-11)26-17(19)20/h1-8,17H,9-10H2,(H,21,22). The molecule has 2 rings (SSSR count). The molecule has 0 spiro atoms. The first kappa shape index (κ1) is 20.0. The number of benzene rings is 2. The topological polar surface area (TPSA) is 64.6 Å². The molecule has 0 radical (unpaired) electrons. The fourth-order valence-electron chi connectivity index (χ4n) is 1.80. The molecule has 0 aliphatic heterocycles. The molecule has 138 valence electrons. The Labute approximate surface area is 157 Å². The summed E-state index contributed by atoms with van der Waals surface area (Å²) < 4.78 is 34.4. The van der Waals surface area contributed by atoms with Crippen LogP contribution >= 0.6 is 23.4 Å². The number of ether oxygens (including phenoxy) is 2. The number of amides is 1. The zero-order valence-corrected chi connectivity index (χ0v) is 14.9. The molecular formula is C17H14ClF2NO4S. The van der Waals surface area contributed by atoms with E-state index in [0.29, 0.717) is 33.1 Å². The van der Waals surface area contributed by atoms with Gasteiger partial charge in [0.1, 0.15) is 5.75 Å². The molecule has 1 amide bonds. The van der Waals surface area contributed by atoms with Crippen molar-refractivity contribution in [2.45, 2.75) is 10.7 Å². The second kappa shape index (κ2) is 9.98. The summed E-state index contributed by atoms with van der Waals surface area (Å²) in [5.74, 6) is -3.48. The van der Waals surface area contributed by atoms with E-state index in [-0.39, 0.29) is 0 Å². The highest BCUT2D eigenvalue weighted by molar-refractivity contribution is 7.99. The van der Waals surface area contributed by atoms with Gasteiger partial charge in [-0.2, -0.15) is 8.78 Å². The molecule has 0 aliphatic rings. The SMILES string of the molecule is O=C(COC(=O)COc1ccccc1Cl)Nc1ccc(SC(F)F)cc1. The minimum Gasteiger partial charge on any atom is -0.480 e. The third kappa shape index (κ3) is 6.89. The molecule has 0 unspecified atom stereocenters. The van der Waals surface area contributed by atoms with Crippen LogP contribution in [-0.4, -0.2) is 30.8 Å². The van der Waals surface area contributed by atoms with Crippen LogP contribution in [0.25, 0.3) is 0 Å². The normalized spacial score (nSPS) is 10.5. The predicted octanol–water partition coefficient (Wildman–Crippen LogP) is 4.22. The molecule has 2 aromatic carbocycles. The number of thioether (sulfide) groups is 1. The first-order valence-electron chi connectivity index (χ1n) is 7.31. The molecular weight excluding hydrogens is 388 g/mol. The van der Waals surface area contributed by atoms with E-state index in [0.717, 1.165) is 0 Å². The van der Waals surface area contributed by atoms with Crippen LogP contribution in [-0.2, 0) is 14.3 Å². The van der Waals surface area contributed by atoms with Gasteiger partial charge in [0, 0.05) is 10.6 Å². The Bertz CT molecular complexity index is 759. The van der Waals surface area contributed by atoms with E-state index >= 15 is 0 Å². The van der Waals surface area contributed by atoms with Gasteiger partial charge in [0.15, 0.2) is 13.2 Å². The van der Waals surface area contributed by atoms with Gasteiger partial charge in [0.25, 0.3) is 11.7 Å². The lowest BCUT2D eigenvalue weighted by molar-refractivity contribution is -0.149. The van der Waals surface area contributed by atoms with E-state index in [4.69, 9.17) is 21.1 Å². The highest BCUT2D eigenvalue weighted by Gasteiger charge is 2.10. The number of rotatable bonds is 8. The van der Waals surface area contributed by atoms with E-state index in [1.165, 1.54) is 24.3 Å². The molecule has 1 N–H and O–H groups in total. The van der Waals surface area contributed by atoms with Gasteiger partial charge in [-0.3, -0.25) is 4.79 Å². The van der Waals surface area contributed by atoms with Crippen molar-refractivity contribution in [3.8, 4) is 5.75 Å². The van der Waals surface area contributed by atoms with Crippen LogP contribution < -0.4 is 10.1 Å². The quantitative estimate of drug-likeness (QED) is 0.530. The summed E-state index contributed by atoms with van der Waals surface area (Å²) in [5.41, 5.74) is 0.400. The zero-order valence-electron chi connectivity index (χ0n) is 13.3. The fourth-order valence-corrected chi connectivity index (χ4v) is 2.49. The molecule has 0 saturated heterocycles. The summed E-state index contributed by atoms with van der Waals surface area (Å²) in [6.45, 7) is -0.894. The number of hydrogen-bond donors (Lipinski definition) is 1. The Hall–Kier alpha value is -2.32. The monoisotopic (exact) mass is 401 g/mol. The van der Waals surface area contributed by atoms with Crippen molar-refractivity contribution in [1.82, 2.24) is 0 Å². The number of anilines is 1. The van der Waals surface area contributed by atoms with E-state index in [1.807, 2.05) is 0 Å². The third-order valence-corrected chi connectivity index (χ3v) is 3.94. The van der Waals surface area contributed by atoms with E-state index in [2.05, 4.69) is 5.32 Å². The van der Waals surface area contributed by atoms with Gasteiger partial charge in [0.2, 0.25) is 0 Å². The number of para-hydroxylation sites is 1. The molecule has 9 heteroatoms. The molecule has 0 bridgehead atoms. The van der Waals surface area contributed by atoms with Crippen molar-refractivity contribution < 1.29 is 27.8 Å². The van der Waals surface area contributed by atoms with Crippen LogP contribution in [0.15, 0.2) is 53.4 Å². The smallest absolute Gasteiger partial charge is 0.344 e. The molecule has 0 aliphatic carbocycles. The second-order valence-corrected chi connectivity index (χ2v) is 6.30. The maximum absolute atomic E-state index is 12.2. The van der Waals surface area contributed by atoms with E-state index < -0.39 is 30.8 Å². The average Bonchev–Trinajstić information content (AvgIpc) is 2.60. The van der Waals surface area contributed by atoms with Crippen LogP contribution in [0.4, 0.5) is 14.5 Å². The maximum atomic E-state index is 12.2. The first-order valence-corrected chi connectivity index (χ1v) is 8.57. The summed E-state index contributed by atoms with van der Waals surface area (Å²) >= 11 is 6.29. The van der Waals surface area contributed by atoms with E-state index in [9.17, 15) is 18.4 Å². The Morgan fingerprint density at radius 1 is 1.08 bits per heavy atom. The number of halogens is 3. The fraction of sp³-hybridized carbons (Fsp3) is 0.176. The Kier molecular flexibility index (Phi) is 7.68. The van der Waals surface area contributed by atoms with Gasteiger partial charge in [-0.15, -0.1) is 0 Å². The van der Waals surface area contributed by atoms with Crippen LogP contribution in [0.1, 0.15) is 0 Å². The Morgan fingerprint density at radius 2 is 1.77 bits per heavy atom. The minimum absolute atomic E-state index is 0.331. The Balaban J connectivity index is 1.72. The van der Waals surface area contributed by atoms with E-state index in [1.54, 1.807) is 24.3 Å². The summed E-state index contributed by atoms with van der Waals surface area (Å²) in [4.78, 5) is 23.7. The molecule has 5 nitrogen and oxygen atoms in total. The largest absolute Gasteiger partial charge is 0.480 e. The van der Waals surface area contributed by atoms with Crippen LogP contribution in [0.3, 0.4) is 0 Å². The second-order valence-electron chi connectivity index (χ2n) is 4.83. The van der Waals surface area contributed by atoms with Gasteiger partial charge in [-0.25, -0.2) is 4.79 Å². The molecule has 0 fully saturated rings. The van der Waals surface area contributed by atoms with Crippen molar-refractivity contribution >= 4 is 40.9 Å². The molecule has 0 atom stereocenters. The maximum Gasteiger partial charge on any atom is 0.344 e. The number of esters is 1. The number of carbonyl (C=O) groups excluding carboxylic acids is 2. The van der Waals surface area contributed by atoms with Crippen molar-refractivity contribution in [3.05, 3.63) is 53.6 Å². The van der Waals surface area contributed by atoms with Crippen molar-refractivity contribution in [2.24, 2.45) is 0 Å². The van der Waals surface area contributed by atoms with Crippen LogP contribution in [0.2, 0.25) is 5.02 Å². The highest BCUT2D eigenvalue weighted by atomic mass is 35.5. The van der Waals surface area contributed by atoms with Gasteiger partial charge in [-0.05, 0) is 36.4 Å². The van der Waals surface area contributed by atoms with Crippen LogP contribution in [0.5, 0.6) is 5.75 Å². The number of alkyl halides is 2. The van der Waals surface area contributed by atoms with Gasteiger partial charge >= 0.3 is 5.97 Å². The average molecular weight is 402 g/mol. The summed E-state index contributed by atoms with van der Waals surface area (Å²) in [7, 11) is 0. The molecule has 0 aromatic heterocycles. The van der Waals surface area contributed by atoms with Crippen LogP contribution in [0, 0.1) is 0 Å². The molecule has 0 saturated carbocycles. The highest BCUT2D eigenvalue weighted by Crippen LogP contribution is 2.26. The minimum atomic E-state index is -2.51. The Morgan fingerprint density at radius 3 is 2.42 bits per heavy atom. The molecule has 26 heavy (non-hydrogen) atoms. The molecule has 2 aromatic rings. The summed E-state index contributed by atoms with van der Waals surface area (Å²) in [6, 6.07) is 12.5. The van der Waals surface area contributed by atoms with Gasteiger partial charge in [-0.1, -0.05) is 35.5 Å². The van der Waals surface area contributed by atoms with Gasteiger partial charge in [0.05, 0.1) is 5.02 Å². The lowest BCUT2D eigenvalue weighted by Gasteiger charge is -2.09.